The molecular formula is C23H25N3O2. The molecular weight excluding hydrogens is 350 g/mol. The molecule has 0 spiro atoms. The predicted molar refractivity (Wildman–Crippen MR) is 111 cm³/mol. The monoisotopic (exact) mass is 375 g/mol. The molecule has 5 nitrogen and oxygen atoms in total. The Morgan fingerprint density at radius 1 is 1.00 bits per heavy atom. The van der Waals surface area contributed by atoms with Crippen molar-refractivity contribution >= 4 is 23.2 Å². The summed E-state index contributed by atoms with van der Waals surface area (Å²) >= 11 is 0. The van der Waals surface area contributed by atoms with E-state index in [1.165, 1.54) is 22.3 Å². The van der Waals surface area contributed by atoms with E-state index in [0.717, 1.165) is 18.5 Å². The summed E-state index contributed by atoms with van der Waals surface area (Å²) in [6.07, 6.45) is 3.80. The van der Waals surface area contributed by atoms with Crippen LogP contribution in [-0.4, -0.2) is 43.0 Å². The van der Waals surface area contributed by atoms with Gasteiger partial charge in [-0.05, 0) is 42.5 Å². The van der Waals surface area contributed by atoms with Crippen LogP contribution in [0.2, 0.25) is 0 Å². The number of urea groups is 1. The van der Waals surface area contributed by atoms with Crippen molar-refractivity contribution in [2.75, 3.05) is 31.1 Å². The number of anilines is 1. The standard InChI is InChI=1S/C23H25N3O2/c1-17-6-8-18(9-7-17)19-10-13-25(14-11-19)23(28)24-16-22(27)26-15-12-20-4-2-3-5-21(20)26/h2-10H,11-16H2,1H3,(H,24,28). The molecule has 3 amide bonds. The smallest absolute Gasteiger partial charge is 0.318 e. The van der Waals surface area contributed by atoms with Gasteiger partial charge in [0, 0.05) is 25.3 Å². The fraction of sp³-hybridized carbons (Fsp3) is 0.304. The number of nitrogens with zero attached hydrogens (tertiary/aromatic N) is 2. The van der Waals surface area contributed by atoms with Gasteiger partial charge in [0.05, 0.1) is 6.54 Å². The van der Waals surface area contributed by atoms with E-state index in [2.05, 4.69) is 42.6 Å². The number of amides is 3. The summed E-state index contributed by atoms with van der Waals surface area (Å²) in [4.78, 5) is 28.5. The molecule has 0 bridgehead atoms. The lowest BCUT2D eigenvalue weighted by atomic mass is 9.99. The molecule has 0 fully saturated rings. The van der Waals surface area contributed by atoms with Gasteiger partial charge < -0.3 is 15.1 Å². The third kappa shape index (κ3) is 3.79. The molecule has 2 aliphatic rings. The van der Waals surface area contributed by atoms with Crippen molar-refractivity contribution in [1.29, 1.82) is 0 Å². The number of benzene rings is 2. The van der Waals surface area contributed by atoms with Crippen LogP contribution >= 0.6 is 0 Å². The Labute approximate surface area is 165 Å². The molecule has 144 valence electrons. The number of rotatable bonds is 3. The number of aryl methyl sites for hydroxylation is 1. The van der Waals surface area contributed by atoms with Crippen molar-refractivity contribution in [3.05, 3.63) is 71.3 Å². The highest BCUT2D eigenvalue weighted by Crippen LogP contribution is 2.27. The lowest BCUT2D eigenvalue weighted by molar-refractivity contribution is -0.117. The van der Waals surface area contributed by atoms with E-state index in [1.807, 2.05) is 24.3 Å². The van der Waals surface area contributed by atoms with Crippen molar-refractivity contribution in [3.63, 3.8) is 0 Å². The van der Waals surface area contributed by atoms with Crippen LogP contribution in [0.3, 0.4) is 0 Å². The summed E-state index contributed by atoms with van der Waals surface area (Å²) < 4.78 is 0. The molecule has 0 saturated carbocycles. The van der Waals surface area contributed by atoms with Crippen molar-refractivity contribution in [2.24, 2.45) is 0 Å². The second kappa shape index (κ2) is 7.89. The number of para-hydroxylation sites is 1. The van der Waals surface area contributed by atoms with E-state index >= 15 is 0 Å². The molecule has 28 heavy (non-hydrogen) atoms. The number of carbonyl (C=O) groups is 2. The lowest BCUT2D eigenvalue weighted by Gasteiger charge is -2.27. The normalized spacial score (nSPS) is 15.8. The largest absolute Gasteiger partial charge is 0.329 e. The maximum atomic E-state index is 12.5. The molecule has 0 unspecified atom stereocenters. The zero-order valence-electron chi connectivity index (χ0n) is 16.1. The van der Waals surface area contributed by atoms with E-state index in [4.69, 9.17) is 0 Å². The summed E-state index contributed by atoms with van der Waals surface area (Å²) in [5.74, 6) is -0.0637. The van der Waals surface area contributed by atoms with E-state index in [9.17, 15) is 9.59 Å². The molecule has 0 saturated heterocycles. The van der Waals surface area contributed by atoms with Gasteiger partial charge in [-0.15, -0.1) is 0 Å². The van der Waals surface area contributed by atoms with Crippen LogP contribution in [0.4, 0.5) is 10.5 Å². The second-order valence-corrected chi connectivity index (χ2v) is 7.37. The topological polar surface area (TPSA) is 52.7 Å². The van der Waals surface area contributed by atoms with Crippen LogP contribution in [0.1, 0.15) is 23.1 Å². The molecule has 2 aliphatic heterocycles. The minimum atomic E-state index is -0.181. The lowest BCUT2D eigenvalue weighted by Crippen LogP contribution is -2.46. The number of carbonyl (C=O) groups excluding carboxylic acids is 2. The third-order valence-corrected chi connectivity index (χ3v) is 5.50. The first kappa shape index (κ1) is 18.3. The van der Waals surface area contributed by atoms with Crippen LogP contribution in [0, 0.1) is 6.92 Å². The minimum Gasteiger partial charge on any atom is -0.329 e. The maximum absolute atomic E-state index is 12.5. The molecule has 2 heterocycles. The molecule has 0 atom stereocenters. The van der Waals surface area contributed by atoms with Gasteiger partial charge in [-0.1, -0.05) is 54.1 Å². The highest BCUT2D eigenvalue weighted by molar-refractivity contribution is 5.98. The van der Waals surface area contributed by atoms with E-state index < -0.39 is 0 Å². The molecule has 0 aliphatic carbocycles. The van der Waals surface area contributed by atoms with Crippen molar-refractivity contribution < 1.29 is 9.59 Å². The summed E-state index contributed by atoms with van der Waals surface area (Å²) in [6, 6.07) is 16.2. The summed E-state index contributed by atoms with van der Waals surface area (Å²) in [5, 5.41) is 2.79. The van der Waals surface area contributed by atoms with Gasteiger partial charge >= 0.3 is 6.03 Å². The number of hydrogen-bond acceptors (Lipinski definition) is 2. The van der Waals surface area contributed by atoms with Gasteiger partial charge in [0.1, 0.15) is 0 Å². The zero-order chi connectivity index (χ0) is 19.5. The molecule has 2 aromatic rings. The Morgan fingerprint density at radius 2 is 1.79 bits per heavy atom. The van der Waals surface area contributed by atoms with E-state index in [0.29, 0.717) is 19.6 Å². The Morgan fingerprint density at radius 3 is 2.54 bits per heavy atom. The average Bonchev–Trinajstić information content (AvgIpc) is 3.17. The van der Waals surface area contributed by atoms with Crippen LogP contribution in [0.5, 0.6) is 0 Å². The van der Waals surface area contributed by atoms with Crippen molar-refractivity contribution in [2.45, 2.75) is 19.8 Å². The van der Waals surface area contributed by atoms with Gasteiger partial charge in [-0.2, -0.15) is 0 Å². The SMILES string of the molecule is Cc1ccc(C2=CCN(C(=O)NCC(=O)N3CCc4ccccc43)CC2)cc1. The zero-order valence-corrected chi connectivity index (χ0v) is 16.1. The second-order valence-electron chi connectivity index (χ2n) is 7.37. The van der Waals surface area contributed by atoms with Crippen molar-refractivity contribution in [3.8, 4) is 0 Å². The molecule has 5 heteroatoms. The molecule has 2 aromatic carbocycles. The highest BCUT2D eigenvalue weighted by Gasteiger charge is 2.25. The van der Waals surface area contributed by atoms with Crippen LogP contribution in [0.25, 0.3) is 5.57 Å². The maximum Gasteiger partial charge on any atom is 0.318 e. The summed E-state index contributed by atoms with van der Waals surface area (Å²) in [6.45, 7) is 4.01. The molecule has 1 N–H and O–H groups in total. The fourth-order valence-corrected chi connectivity index (χ4v) is 3.84. The average molecular weight is 375 g/mol. The van der Waals surface area contributed by atoms with Gasteiger partial charge in [-0.25, -0.2) is 4.79 Å². The van der Waals surface area contributed by atoms with Crippen LogP contribution in [0.15, 0.2) is 54.6 Å². The minimum absolute atomic E-state index is 0.0260. The Bertz CT molecular complexity index is 918. The Hall–Kier alpha value is -3.08. The predicted octanol–water partition coefficient (Wildman–Crippen LogP) is 3.38. The van der Waals surface area contributed by atoms with Crippen molar-refractivity contribution in [1.82, 2.24) is 10.2 Å². The first-order chi connectivity index (χ1) is 13.6. The summed E-state index contributed by atoms with van der Waals surface area (Å²) in [7, 11) is 0. The van der Waals surface area contributed by atoms with Gasteiger partial charge in [-0.3, -0.25) is 4.79 Å². The quantitative estimate of drug-likeness (QED) is 0.894. The molecule has 4 rings (SSSR count). The molecule has 0 aromatic heterocycles. The van der Waals surface area contributed by atoms with Gasteiger partial charge in [0.2, 0.25) is 5.91 Å². The number of fused-ring (bicyclic) bond motifs is 1. The fourth-order valence-electron chi connectivity index (χ4n) is 3.84. The van der Waals surface area contributed by atoms with E-state index in [-0.39, 0.29) is 18.5 Å². The van der Waals surface area contributed by atoms with Crippen LogP contribution in [-0.2, 0) is 11.2 Å². The van der Waals surface area contributed by atoms with Gasteiger partial charge in [0.25, 0.3) is 0 Å². The van der Waals surface area contributed by atoms with Gasteiger partial charge in [0.15, 0.2) is 0 Å². The first-order valence-corrected chi connectivity index (χ1v) is 9.79. The number of hydrogen-bond donors (Lipinski definition) is 1. The Kier molecular flexibility index (Phi) is 5.15. The molecule has 0 radical (unpaired) electrons. The highest BCUT2D eigenvalue weighted by atomic mass is 16.2. The van der Waals surface area contributed by atoms with Crippen LogP contribution < -0.4 is 10.2 Å². The Balaban J connectivity index is 1.30. The van der Waals surface area contributed by atoms with E-state index in [1.54, 1.807) is 9.80 Å². The first-order valence-electron chi connectivity index (χ1n) is 9.79. The summed E-state index contributed by atoms with van der Waals surface area (Å²) in [5.41, 5.74) is 5.88. The third-order valence-electron chi connectivity index (χ3n) is 5.50. The number of nitrogens with one attached hydrogen (secondary N) is 1.